The maximum absolute atomic E-state index is 11.2. The molecule has 0 heterocycles. The summed E-state index contributed by atoms with van der Waals surface area (Å²) in [5.74, 6) is -2.59. The molecule has 0 aromatic heterocycles. The molecule has 0 saturated heterocycles. The SMILES string of the molecule is CCCCCCC(CCCO)(C(=O)O)C(=O)O. The third-order valence-corrected chi connectivity index (χ3v) is 3.04. The third-order valence-electron chi connectivity index (χ3n) is 3.04. The lowest BCUT2D eigenvalue weighted by Gasteiger charge is -2.24. The predicted octanol–water partition coefficient (Wildman–Crippen LogP) is 1.88. The Bertz CT molecular complexity index is 235. The van der Waals surface area contributed by atoms with Gasteiger partial charge in [-0.2, -0.15) is 0 Å². The van der Waals surface area contributed by atoms with Gasteiger partial charge < -0.3 is 15.3 Å². The molecule has 0 rings (SSSR count). The van der Waals surface area contributed by atoms with Gasteiger partial charge in [-0.3, -0.25) is 9.59 Å². The topological polar surface area (TPSA) is 94.8 Å². The van der Waals surface area contributed by atoms with Crippen molar-refractivity contribution in [2.24, 2.45) is 5.41 Å². The summed E-state index contributed by atoms with van der Waals surface area (Å²) in [6, 6.07) is 0. The highest BCUT2D eigenvalue weighted by molar-refractivity contribution is 5.98. The monoisotopic (exact) mass is 246 g/mol. The van der Waals surface area contributed by atoms with Crippen LogP contribution in [0, 0.1) is 5.41 Å². The lowest BCUT2D eigenvalue weighted by molar-refractivity contribution is -0.166. The van der Waals surface area contributed by atoms with Crippen molar-refractivity contribution in [3.8, 4) is 0 Å². The Kier molecular flexibility index (Phi) is 7.54. The molecule has 0 aliphatic rings. The zero-order valence-electron chi connectivity index (χ0n) is 10.3. The van der Waals surface area contributed by atoms with Gasteiger partial charge in [0.1, 0.15) is 0 Å². The van der Waals surface area contributed by atoms with Gasteiger partial charge in [0.2, 0.25) is 0 Å². The van der Waals surface area contributed by atoms with E-state index in [1.54, 1.807) is 0 Å². The number of rotatable bonds is 10. The number of hydrogen-bond donors (Lipinski definition) is 3. The largest absolute Gasteiger partial charge is 0.480 e. The molecule has 0 fully saturated rings. The molecule has 0 aromatic rings. The van der Waals surface area contributed by atoms with E-state index < -0.39 is 17.4 Å². The van der Waals surface area contributed by atoms with Crippen LogP contribution < -0.4 is 0 Å². The second-order valence-electron chi connectivity index (χ2n) is 4.33. The summed E-state index contributed by atoms with van der Waals surface area (Å²) in [5.41, 5.74) is -1.73. The maximum Gasteiger partial charge on any atom is 0.321 e. The first-order valence-electron chi connectivity index (χ1n) is 6.09. The summed E-state index contributed by atoms with van der Waals surface area (Å²) < 4.78 is 0. The number of aliphatic hydroxyl groups excluding tert-OH is 1. The fourth-order valence-corrected chi connectivity index (χ4v) is 1.88. The average molecular weight is 246 g/mol. The minimum Gasteiger partial charge on any atom is -0.480 e. The molecule has 100 valence electrons. The number of aliphatic carboxylic acids is 2. The minimum absolute atomic E-state index is 0.0136. The summed E-state index contributed by atoms with van der Waals surface area (Å²) in [4.78, 5) is 22.3. The molecule has 0 atom stereocenters. The van der Waals surface area contributed by atoms with Gasteiger partial charge in [0.25, 0.3) is 0 Å². The molecule has 0 radical (unpaired) electrons. The Morgan fingerprint density at radius 1 is 0.941 bits per heavy atom. The fraction of sp³-hybridized carbons (Fsp3) is 0.833. The summed E-state index contributed by atoms with van der Waals surface area (Å²) in [6.07, 6.45) is 3.76. The molecule has 0 aliphatic carbocycles. The first kappa shape index (κ1) is 15.9. The zero-order valence-corrected chi connectivity index (χ0v) is 10.3. The van der Waals surface area contributed by atoms with Crippen LogP contribution in [0.1, 0.15) is 51.9 Å². The van der Waals surface area contributed by atoms with Crippen LogP contribution in [-0.4, -0.2) is 33.9 Å². The second-order valence-corrected chi connectivity index (χ2v) is 4.33. The van der Waals surface area contributed by atoms with Crippen LogP contribution >= 0.6 is 0 Å². The van der Waals surface area contributed by atoms with Crippen molar-refractivity contribution in [2.45, 2.75) is 51.9 Å². The third kappa shape index (κ3) is 4.73. The van der Waals surface area contributed by atoms with Crippen molar-refractivity contribution < 1.29 is 24.9 Å². The molecule has 0 bridgehead atoms. The molecule has 0 saturated carbocycles. The first-order valence-corrected chi connectivity index (χ1v) is 6.09. The van der Waals surface area contributed by atoms with E-state index in [1.165, 1.54) is 0 Å². The molecule has 0 amide bonds. The van der Waals surface area contributed by atoms with Crippen LogP contribution in [0.25, 0.3) is 0 Å². The summed E-state index contributed by atoms with van der Waals surface area (Å²) in [5, 5.41) is 26.9. The number of unbranched alkanes of at least 4 members (excludes halogenated alkanes) is 3. The molecular weight excluding hydrogens is 224 g/mol. The predicted molar refractivity (Wildman–Crippen MR) is 62.8 cm³/mol. The van der Waals surface area contributed by atoms with Crippen molar-refractivity contribution in [1.29, 1.82) is 0 Å². The van der Waals surface area contributed by atoms with Gasteiger partial charge in [0, 0.05) is 6.61 Å². The van der Waals surface area contributed by atoms with E-state index in [-0.39, 0.29) is 25.9 Å². The Balaban J connectivity index is 4.56. The number of carbonyl (C=O) groups is 2. The lowest BCUT2D eigenvalue weighted by Crippen LogP contribution is -2.39. The van der Waals surface area contributed by atoms with Gasteiger partial charge >= 0.3 is 11.9 Å². The molecule has 0 spiro atoms. The molecule has 5 nitrogen and oxygen atoms in total. The van der Waals surface area contributed by atoms with Crippen molar-refractivity contribution in [3.05, 3.63) is 0 Å². The number of carboxylic acid groups (broad SMARTS) is 2. The van der Waals surface area contributed by atoms with Crippen LogP contribution in [0.3, 0.4) is 0 Å². The Labute approximate surface area is 101 Å². The Morgan fingerprint density at radius 2 is 1.47 bits per heavy atom. The van der Waals surface area contributed by atoms with Gasteiger partial charge in [-0.05, 0) is 19.3 Å². The van der Waals surface area contributed by atoms with E-state index in [1.807, 2.05) is 6.92 Å². The zero-order chi connectivity index (χ0) is 13.3. The number of hydrogen-bond acceptors (Lipinski definition) is 3. The molecule has 5 heteroatoms. The highest BCUT2D eigenvalue weighted by Gasteiger charge is 2.45. The quantitative estimate of drug-likeness (QED) is 0.404. The maximum atomic E-state index is 11.2. The van der Waals surface area contributed by atoms with Crippen molar-refractivity contribution in [1.82, 2.24) is 0 Å². The average Bonchev–Trinajstić information content (AvgIpc) is 2.27. The Morgan fingerprint density at radius 3 is 1.88 bits per heavy atom. The van der Waals surface area contributed by atoms with E-state index in [0.29, 0.717) is 6.42 Å². The number of carboxylic acids is 2. The number of aliphatic hydroxyl groups is 1. The molecule has 0 unspecified atom stereocenters. The summed E-state index contributed by atoms with van der Waals surface area (Å²) in [6.45, 7) is 1.85. The highest BCUT2D eigenvalue weighted by atomic mass is 16.4. The second kappa shape index (κ2) is 8.06. The normalized spacial score (nSPS) is 11.4. The smallest absolute Gasteiger partial charge is 0.321 e. The summed E-state index contributed by atoms with van der Waals surface area (Å²) >= 11 is 0. The van der Waals surface area contributed by atoms with Gasteiger partial charge in [-0.1, -0.05) is 32.6 Å². The van der Waals surface area contributed by atoms with Crippen LogP contribution in [0.4, 0.5) is 0 Å². The van der Waals surface area contributed by atoms with Gasteiger partial charge in [0.05, 0.1) is 0 Å². The van der Waals surface area contributed by atoms with Crippen LogP contribution in [-0.2, 0) is 9.59 Å². The van der Waals surface area contributed by atoms with E-state index in [0.717, 1.165) is 19.3 Å². The van der Waals surface area contributed by atoms with E-state index in [2.05, 4.69) is 0 Å². The van der Waals surface area contributed by atoms with Crippen LogP contribution in [0.5, 0.6) is 0 Å². The van der Waals surface area contributed by atoms with Crippen molar-refractivity contribution >= 4 is 11.9 Å². The van der Waals surface area contributed by atoms with E-state index in [9.17, 15) is 9.59 Å². The molecule has 3 N–H and O–H groups in total. The van der Waals surface area contributed by atoms with Crippen LogP contribution in [0.15, 0.2) is 0 Å². The van der Waals surface area contributed by atoms with Crippen molar-refractivity contribution in [2.75, 3.05) is 6.61 Å². The molecular formula is C12H22O5. The van der Waals surface area contributed by atoms with Gasteiger partial charge in [-0.15, -0.1) is 0 Å². The lowest BCUT2D eigenvalue weighted by atomic mass is 9.78. The fourth-order valence-electron chi connectivity index (χ4n) is 1.88. The summed E-state index contributed by atoms with van der Waals surface area (Å²) in [7, 11) is 0. The Hall–Kier alpha value is -1.10. The van der Waals surface area contributed by atoms with Gasteiger partial charge in [-0.25, -0.2) is 0 Å². The minimum atomic E-state index is -1.73. The standard InChI is InChI=1S/C12H22O5/c1-2-3-4-5-7-12(10(14)15,11(16)17)8-6-9-13/h13H,2-9H2,1H3,(H,14,15)(H,16,17). The molecule has 0 aliphatic heterocycles. The molecule has 17 heavy (non-hydrogen) atoms. The van der Waals surface area contributed by atoms with Gasteiger partial charge in [0.15, 0.2) is 5.41 Å². The van der Waals surface area contributed by atoms with E-state index >= 15 is 0 Å². The van der Waals surface area contributed by atoms with Crippen LogP contribution in [0.2, 0.25) is 0 Å². The highest BCUT2D eigenvalue weighted by Crippen LogP contribution is 2.31. The molecule has 0 aromatic carbocycles. The van der Waals surface area contributed by atoms with Crippen molar-refractivity contribution in [3.63, 3.8) is 0 Å². The van der Waals surface area contributed by atoms with E-state index in [4.69, 9.17) is 15.3 Å². The first-order chi connectivity index (χ1) is 8.01.